The molecule has 0 saturated carbocycles. The lowest BCUT2D eigenvalue weighted by Crippen LogP contribution is -2.32. The third-order valence-corrected chi connectivity index (χ3v) is 3.58. The molecule has 1 aromatic heterocycles. The minimum Gasteiger partial charge on any atom is -0.405 e. The summed E-state index contributed by atoms with van der Waals surface area (Å²) in [6.07, 6.45) is 11.4. The predicted octanol–water partition coefficient (Wildman–Crippen LogP) is 2.03. The molecule has 0 spiro atoms. The molecule has 0 fully saturated rings. The fourth-order valence-corrected chi connectivity index (χ4v) is 2.25. The van der Waals surface area contributed by atoms with Crippen molar-refractivity contribution in [3.05, 3.63) is 72.7 Å². The largest absolute Gasteiger partial charge is 0.405 e. The summed E-state index contributed by atoms with van der Waals surface area (Å²) in [7, 11) is 0. The summed E-state index contributed by atoms with van der Waals surface area (Å²) >= 11 is 0. The Morgan fingerprint density at radius 1 is 1.08 bits per heavy atom. The molecule has 24 heavy (non-hydrogen) atoms. The lowest BCUT2D eigenvalue weighted by molar-refractivity contribution is -0.696. The summed E-state index contributed by atoms with van der Waals surface area (Å²) in [6, 6.07) is 14.3. The Morgan fingerprint density at radius 2 is 1.83 bits per heavy atom. The molecule has 0 atom stereocenters. The molecule has 0 bridgehead atoms. The van der Waals surface area contributed by atoms with Gasteiger partial charge in [-0.15, -0.1) is 0 Å². The van der Waals surface area contributed by atoms with Gasteiger partial charge in [0.05, 0.1) is 11.9 Å². The number of hydrazone groups is 1. The van der Waals surface area contributed by atoms with Crippen LogP contribution < -0.4 is 21.0 Å². The van der Waals surface area contributed by atoms with Crippen LogP contribution in [0, 0.1) is 0 Å². The van der Waals surface area contributed by atoms with E-state index in [0.717, 1.165) is 37.2 Å². The highest BCUT2D eigenvalue weighted by Crippen LogP contribution is 2.13. The Balaban J connectivity index is 2.02. The molecule has 0 amide bonds. The molecule has 126 valence electrons. The Morgan fingerprint density at radius 3 is 2.50 bits per heavy atom. The highest BCUT2D eigenvalue weighted by atomic mass is 15.4. The zero-order chi connectivity index (χ0) is 17.0. The van der Waals surface area contributed by atoms with E-state index in [1.807, 2.05) is 35.5 Å². The lowest BCUT2D eigenvalue weighted by atomic mass is 10.3. The van der Waals surface area contributed by atoms with Crippen molar-refractivity contribution in [3.63, 3.8) is 0 Å². The van der Waals surface area contributed by atoms with Crippen LogP contribution >= 0.6 is 0 Å². The maximum absolute atomic E-state index is 5.63. The van der Waals surface area contributed by atoms with Crippen molar-refractivity contribution in [2.45, 2.75) is 19.4 Å². The van der Waals surface area contributed by atoms with Crippen molar-refractivity contribution in [2.75, 3.05) is 18.1 Å². The van der Waals surface area contributed by atoms with Gasteiger partial charge in [0.1, 0.15) is 0 Å². The minimum absolute atomic E-state index is 0.654. The summed E-state index contributed by atoms with van der Waals surface area (Å²) in [4.78, 5) is 0. The van der Waals surface area contributed by atoms with E-state index < -0.39 is 0 Å². The van der Waals surface area contributed by atoms with Crippen molar-refractivity contribution in [1.29, 1.82) is 0 Å². The monoisotopic (exact) mass is 324 g/mol. The number of aryl methyl sites for hydroxylation is 1. The molecule has 0 aliphatic heterocycles. The van der Waals surface area contributed by atoms with Crippen LogP contribution in [0.4, 0.5) is 5.69 Å². The molecule has 5 heteroatoms. The zero-order valence-electron chi connectivity index (χ0n) is 14.0. The van der Waals surface area contributed by atoms with E-state index >= 15 is 0 Å². The number of aromatic nitrogens is 1. The van der Waals surface area contributed by atoms with Gasteiger partial charge in [-0.25, -0.2) is 4.57 Å². The summed E-state index contributed by atoms with van der Waals surface area (Å²) in [6.45, 7) is 2.37. The quantitative estimate of drug-likeness (QED) is 0.421. The second-order valence-corrected chi connectivity index (χ2v) is 5.43. The third-order valence-electron chi connectivity index (χ3n) is 3.58. The first-order valence-electron chi connectivity index (χ1n) is 8.26. The van der Waals surface area contributed by atoms with Crippen molar-refractivity contribution in [2.24, 2.45) is 16.6 Å². The van der Waals surface area contributed by atoms with Gasteiger partial charge in [-0.3, -0.25) is 5.01 Å². The summed E-state index contributed by atoms with van der Waals surface area (Å²) < 4.78 is 2.13. The van der Waals surface area contributed by atoms with Crippen molar-refractivity contribution >= 4 is 11.9 Å². The molecule has 0 saturated heterocycles. The fraction of sp³-hybridized carbons (Fsp3) is 0.263. The number of anilines is 1. The highest BCUT2D eigenvalue weighted by Gasteiger charge is 2.03. The number of allylic oxidation sites excluding steroid dienone is 1. The van der Waals surface area contributed by atoms with Crippen LogP contribution in [0.2, 0.25) is 0 Å². The first-order valence-corrected chi connectivity index (χ1v) is 8.26. The summed E-state index contributed by atoms with van der Waals surface area (Å²) in [5.74, 6) is 0. The van der Waals surface area contributed by atoms with Gasteiger partial charge in [0.15, 0.2) is 18.9 Å². The SMILES string of the molecule is N/C=C/CC[n+]1ccc(/C=N/N(CCCN)c2ccccc2)cc1. The minimum atomic E-state index is 0.654. The normalized spacial score (nSPS) is 11.4. The molecule has 4 N–H and O–H groups in total. The number of pyridine rings is 1. The molecule has 0 unspecified atom stereocenters. The van der Waals surface area contributed by atoms with Crippen molar-refractivity contribution < 1.29 is 4.57 Å². The molecule has 0 radical (unpaired) electrons. The topological polar surface area (TPSA) is 71.5 Å². The van der Waals surface area contributed by atoms with Crippen LogP contribution in [-0.4, -0.2) is 19.3 Å². The van der Waals surface area contributed by atoms with Crippen LogP contribution in [-0.2, 0) is 6.54 Å². The smallest absolute Gasteiger partial charge is 0.169 e. The highest BCUT2D eigenvalue weighted by molar-refractivity contribution is 5.79. The lowest BCUT2D eigenvalue weighted by Gasteiger charge is -2.18. The zero-order valence-corrected chi connectivity index (χ0v) is 14.0. The van der Waals surface area contributed by atoms with Gasteiger partial charge in [0.2, 0.25) is 0 Å². The van der Waals surface area contributed by atoms with Crippen LogP contribution in [0.1, 0.15) is 18.4 Å². The van der Waals surface area contributed by atoms with E-state index in [2.05, 4.69) is 46.3 Å². The number of hydrogen-bond acceptors (Lipinski definition) is 4. The first kappa shape index (κ1) is 17.7. The molecule has 2 rings (SSSR count). The predicted molar refractivity (Wildman–Crippen MR) is 99.6 cm³/mol. The second kappa shape index (κ2) is 10.2. The first-order chi connectivity index (χ1) is 11.8. The molecule has 5 nitrogen and oxygen atoms in total. The Bertz CT molecular complexity index is 635. The summed E-state index contributed by atoms with van der Waals surface area (Å²) in [5, 5.41) is 6.61. The molecule has 0 aliphatic carbocycles. The van der Waals surface area contributed by atoms with Crippen LogP contribution in [0.5, 0.6) is 0 Å². The third kappa shape index (κ3) is 5.85. The van der Waals surface area contributed by atoms with Gasteiger partial charge in [-0.1, -0.05) is 24.3 Å². The van der Waals surface area contributed by atoms with E-state index in [1.165, 1.54) is 0 Å². The fourth-order valence-electron chi connectivity index (χ4n) is 2.25. The number of nitrogens with two attached hydrogens (primary N) is 2. The molecular weight excluding hydrogens is 298 g/mol. The van der Waals surface area contributed by atoms with Crippen LogP contribution in [0.3, 0.4) is 0 Å². The van der Waals surface area contributed by atoms with Crippen molar-refractivity contribution in [3.8, 4) is 0 Å². The Kier molecular flexibility index (Phi) is 7.50. The van der Waals surface area contributed by atoms with Gasteiger partial charge >= 0.3 is 0 Å². The number of benzene rings is 1. The molecule has 0 aliphatic rings. The average molecular weight is 324 g/mol. The molecule has 1 heterocycles. The molecule has 1 aromatic carbocycles. The van der Waals surface area contributed by atoms with Gasteiger partial charge in [0.25, 0.3) is 0 Å². The summed E-state index contributed by atoms with van der Waals surface area (Å²) in [5.41, 5.74) is 13.1. The standard InChI is InChI=1S/C19H26N5/c20-11-4-5-13-23-15-9-18(10-16-23)17-22-24(14-6-12-21)19-7-2-1-3-8-19/h1-4,7-11,15-17H,5-6,12-14,20-21H2/q+1/b11-4+. The van der Waals surface area contributed by atoms with E-state index in [1.54, 1.807) is 6.20 Å². The van der Waals surface area contributed by atoms with E-state index in [-0.39, 0.29) is 0 Å². The van der Waals surface area contributed by atoms with E-state index in [4.69, 9.17) is 11.5 Å². The van der Waals surface area contributed by atoms with Gasteiger partial charge < -0.3 is 11.5 Å². The molecular formula is C19H26N5+. The maximum Gasteiger partial charge on any atom is 0.169 e. The maximum atomic E-state index is 5.63. The van der Waals surface area contributed by atoms with Crippen LogP contribution in [0.15, 0.2) is 72.2 Å². The average Bonchev–Trinajstić information content (AvgIpc) is 2.64. The number of para-hydroxylation sites is 1. The molecule has 2 aromatic rings. The van der Waals surface area contributed by atoms with Gasteiger partial charge in [-0.2, -0.15) is 5.10 Å². The van der Waals surface area contributed by atoms with Gasteiger partial charge in [0, 0.05) is 30.7 Å². The second-order valence-electron chi connectivity index (χ2n) is 5.43. The van der Waals surface area contributed by atoms with E-state index in [0.29, 0.717) is 6.54 Å². The Labute approximate surface area is 143 Å². The van der Waals surface area contributed by atoms with Gasteiger partial charge in [-0.05, 0) is 31.3 Å². The van der Waals surface area contributed by atoms with Crippen molar-refractivity contribution in [1.82, 2.24) is 0 Å². The van der Waals surface area contributed by atoms with E-state index in [9.17, 15) is 0 Å². The Hall–Kier alpha value is -2.66. The van der Waals surface area contributed by atoms with Crippen LogP contribution in [0.25, 0.3) is 0 Å². The number of nitrogens with zero attached hydrogens (tertiary/aromatic N) is 3. The number of rotatable bonds is 9. The number of hydrogen-bond donors (Lipinski definition) is 2.